The molecule has 1 saturated heterocycles. The zero-order valence-electron chi connectivity index (χ0n) is 37.3. The predicted octanol–water partition coefficient (Wildman–Crippen LogP) is 1.69. The highest BCUT2D eigenvalue weighted by molar-refractivity contribution is 5.93. The van der Waals surface area contributed by atoms with E-state index in [0.717, 1.165) is 5.56 Å². The average Bonchev–Trinajstić information content (AvgIpc) is 3.84. The number of aromatic nitrogens is 5. The zero-order chi connectivity index (χ0) is 47.1. The number of ether oxygens (including phenoxy) is 5. The molecule has 3 heterocycles. The maximum Gasteiger partial charge on any atom is 0.408 e. The van der Waals surface area contributed by atoms with E-state index in [1.165, 1.54) is 35.7 Å². The lowest BCUT2D eigenvalue weighted by Crippen LogP contribution is -2.57. The summed E-state index contributed by atoms with van der Waals surface area (Å²) >= 11 is 0. The predicted molar refractivity (Wildman–Crippen MR) is 226 cm³/mol. The van der Waals surface area contributed by atoms with Gasteiger partial charge in [0.1, 0.15) is 54.5 Å². The largest absolute Gasteiger partial charge is 0.467 e. The zero-order valence-corrected chi connectivity index (χ0v) is 37.3. The summed E-state index contributed by atoms with van der Waals surface area (Å²) in [6.45, 7) is 11.3. The standard InChI is InChI=1S/C42H59N9O13/c1-24(2)34(38(56)60-8)46-36(54)29(44-37(55)30(18-27-14-10-9-11-15-27)45-41(59)64-42(5,6)7)16-12-13-17-43-40(58)61-23-28-21-50(49-48-28)22-32-31(62-26(4)52)19-33(63-32)51-20-25(3)35(53)47-39(51)57/h9-11,14-15,20-21,24,29-34H,12-13,16-19,22-23H2,1-8H3,(H,43,58)(H,44,55)(H,45,59)(H,46,54)(H,47,53,57)/t29-,30-,31-,32+,33+,34-/m0/s1. The van der Waals surface area contributed by atoms with Crippen LogP contribution in [0.3, 0.4) is 0 Å². The molecule has 0 radical (unpaired) electrons. The van der Waals surface area contributed by atoms with Gasteiger partial charge in [0.2, 0.25) is 11.8 Å². The third-order valence-corrected chi connectivity index (χ3v) is 9.79. The number of unbranched alkanes of at least 4 members (excludes halogenated alkanes) is 1. The number of esters is 2. The van der Waals surface area contributed by atoms with Crippen LogP contribution >= 0.6 is 0 Å². The van der Waals surface area contributed by atoms with Crippen LogP contribution in [0.2, 0.25) is 0 Å². The number of carbonyl (C=O) groups is 6. The van der Waals surface area contributed by atoms with Crippen molar-refractivity contribution in [3.05, 3.63) is 80.4 Å². The molecule has 1 aromatic carbocycles. The Bertz CT molecular complexity index is 2200. The molecular weight excluding hydrogens is 839 g/mol. The fraction of sp³-hybridized carbons (Fsp3) is 0.571. The number of amides is 4. The van der Waals surface area contributed by atoms with E-state index in [0.29, 0.717) is 24.1 Å². The number of hydrogen-bond acceptors (Lipinski definition) is 15. The van der Waals surface area contributed by atoms with E-state index in [2.05, 4.69) is 36.6 Å². The fourth-order valence-electron chi connectivity index (χ4n) is 6.63. The first-order valence-electron chi connectivity index (χ1n) is 20.9. The van der Waals surface area contributed by atoms with Gasteiger partial charge in [0.25, 0.3) is 5.56 Å². The molecule has 2 aromatic heterocycles. The Morgan fingerprint density at radius 3 is 2.31 bits per heavy atom. The van der Waals surface area contributed by atoms with Crippen molar-refractivity contribution in [2.24, 2.45) is 5.92 Å². The molecule has 0 bridgehead atoms. The number of nitrogens with zero attached hydrogens (tertiary/aromatic N) is 4. The smallest absolute Gasteiger partial charge is 0.408 e. The van der Waals surface area contributed by atoms with Gasteiger partial charge in [0.15, 0.2) is 0 Å². The summed E-state index contributed by atoms with van der Waals surface area (Å²) in [5, 5.41) is 18.7. The number of benzene rings is 1. The number of aromatic amines is 1. The van der Waals surface area contributed by atoms with Crippen LogP contribution in [-0.4, -0.2) is 110 Å². The third kappa shape index (κ3) is 15.6. The van der Waals surface area contributed by atoms with Gasteiger partial charge in [-0.1, -0.05) is 49.4 Å². The molecule has 0 unspecified atom stereocenters. The van der Waals surface area contributed by atoms with Crippen molar-refractivity contribution in [1.82, 2.24) is 45.8 Å². The Kier molecular flexibility index (Phi) is 18.2. The first kappa shape index (κ1) is 50.1. The fourth-order valence-corrected chi connectivity index (χ4v) is 6.63. The molecule has 350 valence electrons. The van der Waals surface area contributed by atoms with Crippen molar-refractivity contribution in [2.75, 3.05) is 13.7 Å². The third-order valence-electron chi connectivity index (χ3n) is 9.79. The highest BCUT2D eigenvalue weighted by atomic mass is 16.6. The monoisotopic (exact) mass is 897 g/mol. The van der Waals surface area contributed by atoms with Gasteiger partial charge in [-0.15, -0.1) is 5.10 Å². The number of rotatable bonds is 20. The minimum atomic E-state index is -1.15. The summed E-state index contributed by atoms with van der Waals surface area (Å²) in [5.41, 5.74) is -0.694. The highest BCUT2D eigenvalue weighted by Crippen LogP contribution is 2.31. The van der Waals surface area contributed by atoms with Crippen LogP contribution in [0, 0.1) is 12.8 Å². The van der Waals surface area contributed by atoms with Crippen molar-refractivity contribution in [3.63, 3.8) is 0 Å². The highest BCUT2D eigenvalue weighted by Gasteiger charge is 2.40. The second-order valence-corrected chi connectivity index (χ2v) is 16.6. The summed E-state index contributed by atoms with van der Waals surface area (Å²) in [5.74, 6) is -2.85. The van der Waals surface area contributed by atoms with Gasteiger partial charge in [0, 0.05) is 38.1 Å². The van der Waals surface area contributed by atoms with E-state index >= 15 is 0 Å². The second kappa shape index (κ2) is 23.2. The molecule has 22 heteroatoms. The Balaban J connectivity index is 1.32. The first-order chi connectivity index (χ1) is 30.2. The molecule has 4 amide bonds. The van der Waals surface area contributed by atoms with Crippen LogP contribution in [0.4, 0.5) is 9.59 Å². The van der Waals surface area contributed by atoms with Crippen LogP contribution in [0.5, 0.6) is 0 Å². The maximum atomic E-state index is 13.8. The molecule has 1 fully saturated rings. The molecular formula is C42H59N9O13. The summed E-state index contributed by atoms with van der Waals surface area (Å²) < 4.78 is 29.7. The van der Waals surface area contributed by atoms with Gasteiger partial charge >= 0.3 is 29.8 Å². The van der Waals surface area contributed by atoms with Gasteiger partial charge in [-0.3, -0.25) is 28.7 Å². The number of carbonyl (C=O) groups excluding carboxylic acids is 6. The van der Waals surface area contributed by atoms with E-state index < -0.39 is 89.4 Å². The summed E-state index contributed by atoms with van der Waals surface area (Å²) in [6, 6.07) is 5.71. The van der Waals surface area contributed by atoms with E-state index in [1.807, 2.05) is 6.07 Å². The van der Waals surface area contributed by atoms with Crippen LogP contribution in [0.15, 0.2) is 52.3 Å². The van der Waals surface area contributed by atoms with Crippen LogP contribution in [-0.2, 0) is 62.4 Å². The molecule has 22 nitrogen and oxygen atoms in total. The maximum absolute atomic E-state index is 13.8. The molecule has 64 heavy (non-hydrogen) atoms. The number of methoxy groups -OCH3 is 1. The van der Waals surface area contributed by atoms with E-state index in [4.69, 9.17) is 23.7 Å². The Morgan fingerprint density at radius 2 is 1.66 bits per heavy atom. The van der Waals surface area contributed by atoms with E-state index in [1.54, 1.807) is 65.8 Å². The van der Waals surface area contributed by atoms with Crippen molar-refractivity contribution >= 4 is 35.9 Å². The van der Waals surface area contributed by atoms with Crippen LogP contribution < -0.4 is 32.5 Å². The molecule has 4 rings (SSSR count). The Hall–Kier alpha value is -6.58. The minimum Gasteiger partial charge on any atom is -0.467 e. The lowest BCUT2D eigenvalue weighted by Gasteiger charge is -2.27. The molecule has 0 aliphatic carbocycles. The second-order valence-electron chi connectivity index (χ2n) is 16.6. The SMILES string of the molecule is COC(=O)[C@@H](NC(=O)[C@H](CCCCNC(=O)OCc1cn(C[C@H]2O[C@@H](n3cc(C)c(=O)[nH]c3=O)C[C@@H]2OC(C)=O)nn1)NC(=O)[C@H](Cc1ccccc1)NC(=O)OC(C)(C)C)C(C)C. The first-order valence-corrected chi connectivity index (χ1v) is 20.9. The van der Waals surface area contributed by atoms with Gasteiger partial charge in [-0.05, 0) is 58.4 Å². The minimum absolute atomic E-state index is 0.0684. The Labute approximate surface area is 369 Å². The van der Waals surface area contributed by atoms with Crippen molar-refractivity contribution in [2.45, 2.75) is 136 Å². The van der Waals surface area contributed by atoms with Crippen molar-refractivity contribution in [1.29, 1.82) is 0 Å². The average molecular weight is 898 g/mol. The van der Waals surface area contributed by atoms with Crippen LogP contribution in [0.1, 0.15) is 90.3 Å². The molecule has 1 aliphatic rings. The number of hydrogen-bond donors (Lipinski definition) is 5. The lowest BCUT2D eigenvalue weighted by molar-refractivity contribution is -0.149. The van der Waals surface area contributed by atoms with E-state index in [-0.39, 0.29) is 44.9 Å². The Morgan fingerprint density at radius 1 is 0.953 bits per heavy atom. The van der Waals surface area contributed by atoms with Crippen molar-refractivity contribution < 1.29 is 52.5 Å². The molecule has 5 N–H and O–H groups in total. The summed E-state index contributed by atoms with van der Waals surface area (Å²) in [7, 11) is 1.21. The van der Waals surface area contributed by atoms with Gasteiger partial charge in [0.05, 0.1) is 19.9 Å². The van der Waals surface area contributed by atoms with Crippen LogP contribution in [0.25, 0.3) is 0 Å². The molecule has 3 aromatic rings. The summed E-state index contributed by atoms with van der Waals surface area (Å²) in [4.78, 5) is 104. The lowest BCUT2D eigenvalue weighted by atomic mass is 10.0. The molecule has 0 spiro atoms. The number of H-pyrrole nitrogens is 1. The van der Waals surface area contributed by atoms with Gasteiger partial charge < -0.3 is 45.0 Å². The molecule has 1 aliphatic heterocycles. The molecule has 6 atom stereocenters. The summed E-state index contributed by atoms with van der Waals surface area (Å²) in [6.07, 6.45) is 0.0134. The van der Waals surface area contributed by atoms with Gasteiger partial charge in [-0.25, -0.2) is 23.9 Å². The van der Waals surface area contributed by atoms with Gasteiger partial charge in [-0.2, -0.15) is 0 Å². The normalized spacial score (nSPS) is 17.4. The number of aryl methyl sites for hydroxylation is 1. The van der Waals surface area contributed by atoms with Crippen molar-refractivity contribution in [3.8, 4) is 0 Å². The quantitative estimate of drug-likeness (QED) is 0.0613. The topological polar surface area (TPSA) is 282 Å². The molecule has 0 saturated carbocycles. The number of alkyl carbamates (subject to hydrolysis) is 2. The number of nitrogens with one attached hydrogen (secondary N) is 5. The van der Waals surface area contributed by atoms with E-state index in [9.17, 15) is 38.4 Å².